The van der Waals surface area contributed by atoms with Crippen LogP contribution in [0.4, 0.5) is 0 Å². The summed E-state index contributed by atoms with van der Waals surface area (Å²) in [6.07, 6.45) is 0.981. The van der Waals surface area contributed by atoms with Crippen LogP contribution in [0.1, 0.15) is 19.0 Å². The number of rotatable bonds is 7. The molecule has 2 aromatic rings. The van der Waals surface area contributed by atoms with E-state index in [1.807, 2.05) is 30.3 Å². The van der Waals surface area contributed by atoms with Crippen molar-refractivity contribution >= 4 is 0 Å². The average Bonchev–Trinajstić information content (AvgIpc) is 2.92. The predicted octanol–water partition coefficient (Wildman–Crippen LogP) is 1.99. The van der Waals surface area contributed by atoms with Crippen LogP contribution in [0, 0.1) is 0 Å². The third-order valence-corrected chi connectivity index (χ3v) is 3.04. The minimum Gasteiger partial charge on any atom is -0.385 e. The first-order valence-electron chi connectivity index (χ1n) is 6.48. The van der Waals surface area contributed by atoms with Gasteiger partial charge in [0.25, 0.3) is 0 Å². The van der Waals surface area contributed by atoms with Gasteiger partial charge in [-0.2, -0.15) is 15.4 Å². The summed E-state index contributed by atoms with van der Waals surface area (Å²) in [5, 5.41) is 14.6. The summed E-state index contributed by atoms with van der Waals surface area (Å²) in [5.74, 6) is 0. The highest BCUT2D eigenvalue weighted by Crippen LogP contribution is 2.18. The molecule has 1 heterocycles. The Hall–Kier alpha value is -1.72. The molecule has 0 aliphatic rings. The molecule has 1 unspecified atom stereocenters. The van der Waals surface area contributed by atoms with Crippen molar-refractivity contribution in [2.75, 3.05) is 13.7 Å². The zero-order chi connectivity index (χ0) is 13.5. The van der Waals surface area contributed by atoms with Crippen LogP contribution in [0.2, 0.25) is 0 Å². The van der Waals surface area contributed by atoms with E-state index in [2.05, 4.69) is 27.7 Å². The fourth-order valence-corrected chi connectivity index (χ4v) is 1.87. The molecule has 19 heavy (non-hydrogen) atoms. The van der Waals surface area contributed by atoms with Crippen LogP contribution in [-0.4, -0.2) is 35.2 Å². The highest BCUT2D eigenvalue weighted by Gasteiger charge is 2.10. The van der Waals surface area contributed by atoms with Crippen molar-refractivity contribution in [2.24, 2.45) is 0 Å². The van der Waals surface area contributed by atoms with E-state index in [1.54, 1.807) is 7.11 Å². The van der Waals surface area contributed by atoms with E-state index >= 15 is 0 Å². The van der Waals surface area contributed by atoms with E-state index in [0.717, 1.165) is 30.0 Å². The summed E-state index contributed by atoms with van der Waals surface area (Å²) in [6, 6.07) is 10.5. The second kappa shape index (κ2) is 7.01. The van der Waals surface area contributed by atoms with Crippen molar-refractivity contribution in [3.05, 3.63) is 36.0 Å². The van der Waals surface area contributed by atoms with Gasteiger partial charge in [0.05, 0.1) is 0 Å². The fourth-order valence-electron chi connectivity index (χ4n) is 1.87. The molecule has 102 valence electrons. The van der Waals surface area contributed by atoms with Crippen molar-refractivity contribution in [3.8, 4) is 11.3 Å². The normalized spacial score (nSPS) is 12.5. The lowest BCUT2D eigenvalue weighted by Gasteiger charge is -2.12. The molecule has 0 bridgehead atoms. The summed E-state index contributed by atoms with van der Waals surface area (Å²) >= 11 is 0. The first-order chi connectivity index (χ1) is 9.31. The van der Waals surface area contributed by atoms with E-state index < -0.39 is 0 Å². The highest BCUT2D eigenvalue weighted by molar-refractivity contribution is 5.60. The van der Waals surface area contributed by atoms with Crippen LogP contribution < -0.4 is 5.32 Å². The van der Waals surface area contributed by atoms with Gasteiger partial charge in [-0.05, 0) is 13.3 Å². The highest BCUT2D eigenvalue weighted by atomic mass is 16.5. The van der Waals surface area contributed by atoms with Crippen molar-refractivity contribution in [3.63, 3.8) is 0 Å². The summed E-state index contributed by atoms with van der Waals surface area (Å²) < 4.78 is 5.07. The number of nitrogens with one attached hydrogen (secondary N) is 2. The van der Waals surface area contributed by atoms with Gasteiger partial charge >= 0.3 is 0 Å². The van der Waals surface area contributed by atoms with Gasteiger partial charge in [-0.25, -0.2) is 0 Å². The molecule has 0 fully saturated rings. The lowest BCUT2D eigenvalue weighted by atomic mass is 10.1. The third kappa shape index (κ3) is 3.87. The average molecular weight is 260 g/mol. The maximum absolute atomic E-state index is 5.07. The van der Waals surface area contributed by atoms with Crippen molar-refractivity contribution in [2.45, 2.75) is 25.9 Å². The zero-order valence-corrected chi connectivity index (χ0v) is 11.4. The molecule has 2 N–H and O–H groups in total. The number of nitrogens with zero attached hydrogens (tertiary/aromatic N) is 2. The Labute approximate surface area is 113 Å². The molecule has 1 aromatic heterocycles. The lowest BCUT2D eigenvalue weighted by molar-refractivity contribution is 0.184. The Morgan fingerprint density at radius 2 is 2.05 bits per heavy atom. The number of H-pyrrole nitrogens is 1. The maximum atomic E-state index is 5.07. The van der Waals surface area contributed by atoms with E-state index in [-0.39, 0.29) is 0 Å². The number of methoxy groups -OCH3 is 1. The second-order valence-electron chi connectivity index (χ2n) is 4.55. The molecule has 0 radical (unpaired) electrons. The monoisotopic (exact) mass is 260 g/mol. The molecule has 0 saturated heterocycles. The van der Waals surface area contributed by atoms with Crippen molar-refractivity contribution in [1.82, 2.24) is 20.7 Å². The first kappa shape index (κ1) is 13.7. The number of aromatic amines is 1. The minimum absolute atomic E-state index is 0.389. The number of aromatic nitrogens is 3. The van der Waals surface area contributed by atoms with Gasteiger partial charge in [0.15, 0.2) is 0 Å². The van der Waals surface area contributed by atoms with Crippen LogP contribution in [0.15, 0.2) is 30.3 Å². The molecule has 1 aromatic carbocycles. The van der Waals surface area contributed by atoms with Gasteiger partial charge in [0.2, 0.25) is 0 Å². The van der Waals surface area contributed by atoms with Gasteiger partial charge in [0.1, 0.15) is 11.4 Å². The van der Waals surface area contributed by atoms with Gasteiger partial charge in [-0.3, -0.25) is 0 Å². The van der Waals surface area contributed by atoms with Crippen LogP contribution in [-0.2, 0) is 11.3 Å². The summed E-state index contributed by atoms with van der Waals surface area (Å²) in [4.78, 5) is 0. The SMILES string of the molecule is COCCC(C)NCc1n[nH]nc1-c1ccccc1. The van der Waals surface area contributed by atoms with Gasteiger partial charge < -0.3 is 10.1 Å². The van der Waals surface area contributed by atoms with Crippen LogP contribution >= 0.6 is 0 Å². The molecule has 5 nitrogen and oxygen atoms in total. The van der Waals surface area contributed by atoms with E-state index in [9.17, 15) is 0 Å². The Kier molecular flexibility index (Phi) is 5.06. The van der Waals surface area contributed by atoms with Crippen molar-refractivity contribution < 1.29 is 4.74 Å². The lowest BCUT2D eigenvalue weighted by Crippen LogP contribution is -2.27. The van der Waals surface area contributed by atoms with Gasteiger partial charge in [-0.15, -0.1) is 0 Å². The van der Waals surface area contributed by atoms with Crippen LogP contribution in [0.5, 0.6) is 0 Å². The van der Waals surface area contributed by atoms with E-state index in [4.69, 9.17) is 4.74 Å². The molecule has 0 spiro atoms. The molecule has 2 rings (SSSR count). The second-order valence-corrected chi connectivity index (χ2v) is 4.55. The summed E-state index contributed by atoms with van der Waals surface area (Å²) in [7, 11) is 1.72. The minimum atomic E-state index is 0.389. The maximum Gasteiger partial charge on any atom is 0.117 e. The van der Waals surface area contributed by atoms with E-state index in [1.165, 1.54) is 0 Å². The molecule has 0 aliphatic carbocycles. The molecule has 0 amide bonds. The quantitative estimate of drug-likeness (QED) is 0.799. The Balaban J connectivity index is 1.97. The summed E-state index contributed by atoms with van der Waals surface area (Å²) in [5.41, 5.74) is 2.93. The molecule has 5 heteroatoms. The molecule has 0 saturated carbocycles. The van der Waals surface area contributed by atoms with Gasteiger partial charge in [0, 0.05) is 31.9 Å². The standard InChI is InChI=1S/C14H20N4O/c1-11(8-9-19-2)15-10-13-14(17-18-16-13)12-6-4-3-5-7-12/h3-7,11,15H,8-10H2,1-2H3,(H,16,17,18). The molecular weight excluding hydrogens is 240 g/mol. The fraction of sp³-hybridized carbons (Fsp3) is 0.429. The smallest absolute Gasteiger partial charge is 0.117 e. The molecule has 0 aliphatic heterocycles. The largest absolute Gasteiger partial charge is 0.385 e. The van der Waals surface area contributed by atoms with Gasteiger partial charge in [-0.1, -0.05) is 30.3 Å². The molecule has 1 atom stereocenters. The predicted molar refractivity (Wildman–Crippen MR) is 74.6 cm³/mol. The Morgan fingerprint density at radius 1 is 1.26 bits per heavy atom. The topological polar surface area (TPSA) is 62.8 Å². The number of ether oxygens (including phenoxy) is 1. The number of hydrogen-bond acceptors (Lipinski definition) is 4. The summed E-state index contributed by atoms with van der Waals surface area (Å²) in [6.45, 7) is 3.60. The van der Waals surface area contributed by atoms with Crippen LogP contribution in [0.3, 0.4) is 0 Å². The Morgan fingerprint density at radius 3 is 2.79 bits per heavy atom. The number of hydrogen-bond donors (Lipinski definition) is 2. The van der Waals surface area contributed by atoms with E-state index in [0.29, 0.717) is 12.6 Å². The number of benzene rings is 1. The zero-order valence-electron chi connectivity index (χ0n) is 11.4. The Bertz CT molecular complexity index is 483. The van der Waals surface area contributed by atoms with Crippen molar-refractivity contribution in [1.29, 1.82) is 0 Å². The van der Waals surface area contributed by atoms with Crippen LogP contribution in [0.25, 0.3) is 11.3 Å². The molecular formula is C14H20N4O. The third-order valence-electron chi connectivity index (χ3n) is 3.04. The first-order valence-corrected chi connectivity index (χ1v) is 6.48.